The molecule has 0 aliphatic carbocycles. The molecule has 1 aliphatic heterocycles. The molecule has 0 bridgehead atoms. The summed E-state index contributed by atoms with van der Waals surface area (Å²) in [6, 6.07) is -0.869. The Hall–Kier alpha value is -1.79. The van der Waals surface area contributed by atoms with Gasteiger partial charge in [0.05, 0.1) is 6.54 Å². The Balaban J connectivity index is 2.41. The molecule has 0 spiro atoms. The van der Waals surface area contributed by atoms with Crippen LogP contribution in [0.1, 0.15) is 33.1 Å². The molecule has 7 N–H and O–H groups in total. The third kappa shape index (κ3) is 5.15. The Labute approximate surface area is 113 Å². The van der Waals surface area contributed by atoms with Crippen LogP contribution < -0.4 is 27.1 Å². The molecule has 2 amide bonds. The molecule has 0 saturated carbocycles. The van der Waals surface area contributed by atoms with E-state index in [0.29, 0.717) is 31.7 Å². The van der Waals surface area contributed by atoms with Crippen LogP contribution in [0.15, 0.2) is 0 Å². The van der Waals surface area contributed by atoms with E-state index in [1.54, 1.807) is 0 Å². The Morgan fingerprint density at radius 1 is 1.21 bits per heavy atom. The highest BCUT2D eigenvalue weighted by Gasteiger charge is 2.33. The van der Waals surface area contributed by atoms with Crippen molar-refractivity contribution in [1.82, 2.24) is 10.6 Å². The molecule has 2 atom stereocenters. The minimum atomic E-state index is -0.461. The van der Waals surface area contributed by atoms with Gasteiger partial charge in [-0.25, -0.2) is 0 Å². The van der Waals surface area contributed by atoms with Crippen LogP contribution in [0.4, 0.5) is 0 Å². The molecule has 0 aromatic heterocycles. The van der Waals surface area contributed by atoms with Gasteiger partial charge in [0.25, 0.3) is 0 Å². The summed E-state index contributed by atoms with van der Waals surface area (Å²) in [6.07, 6.45) is 1.92. The maximum Gasteiger partial charge on any atom is 0.338 e. The number of carbonyl (C=O) groups excluding carboxylic acids is 2. The third-order valence-electron chi connectivity index (χ3n) is 2.97. The van der Waals surface area contributed by atoms with Gasteiger partial charge in [-0.3, -0.25) is 26.0 Å². The molecule has 19 heavy (non-hydrogen) atoms. The average molecular weight is 270 g/mol. The summed E-state index contributed by atoms with van der Waals surface area (Å²) in [4.78, 5) is 26.5. The van der Waals surface area contributed by atoms with Crippen LogP contribution in [0.2, 0.25) is 0 Å². The number of piperazine rings is 1. The zero-order chi connectivity index (χ0) is 14.4. The Bertz CT molecular complexity index is 363. The smallest absolute Gasteiger partial charge is 0.338 e. The Morgan fingerprint density at radius 2 is 1.79 bits per heavy atom. The van der Waals surface area contributed by atoms with Gasteiger partial charge in [0.2, 0.25) is 11.8 Å². The molecule has 1 rings (SSSR count). The second-order valence-corrected chi connectivity index (χ2v) is 5.28. The number of rotatable bonds is 6. The molecule has 1 heterocycles. The van der Waals surface area contributed by atoms with Gasteiger partial charge in [0.15, 0.2) is 0 Å². The second-order valence-electron chi connectivity index (χ2n) is 5.28. The lowest BCUT2D eigenvalue weighted by Crippen LogP contribution is -2.78. The van der Waals surface area contributed by atoms with Crippen LogP contribution in [0.3, 0.4) is 0 Å². The molecule has 0 aromatic rings. The number of nitrogens with two attached hydrogens (primary N) is 2. The molecular weight excluding hydrogens is 246 g/mol. The van der Waals surface area contributed by atoms with Gasteiger partial charge < -0.3 is 10.6 Å². The zero-order valence-corrected chi connectivity index (χ0v) is 11.5. The number of nitrogens with one attached hydrogen (secondary N) is 3. The fraction of sp³-hybridized carbons (Fsp3) is 0.750. The van der Waals surface area contributed by atoms with Crippen molar-refractivity contribution in [3.05, 3.63) is 0 Å². The van der Waals surface area contributed by atoms with Crippen molar-refractivity contribution >= 4 is 17.8 Å². The molecule has 108 valence electrons. The summed E-state index contributed by atoms with van der Waals surface area (Å²) in [6.45, 7) is 4.62. The highest BCUT2D eigenvalue weighted by atomic mass is 16.2. The van der Waals surface area contributed by atoms with E-state index in [1.165, 1.54) is 0 Å². The summed E-state index contributed by atoms with van der Waals surface area (Å²) in [5, 5.41) is 5.53. The van der Waals surface area contributed by atoms with Gasteiger partial charge in [-0.1, -0.05) is 13.8 Å². The molecule has 0 aromatic carbocycles. The number of carbonyl (C=O) groups is 2. The van der Waals surface area contributed by atoms with Crippen LogP contribution in [0.5, 0.6) is 0 Å². The minimum Gasteiger partial charge on any atom is -0.343 e. The van der Waals surface area contributed by atoms with Gasteiger partial charge in [0, 0.05) is 0 Å². The molecule has 1 aliphatic rings. The van der Waals surface area contributed by atoms with Gasteiger partial charge in [-0.05, 0) is 25.2 Å². The standard InChI is InChI=1S/C12H23N5O2/c1-7(2)6-9-11(19)16-8(10(18)17-9)4-3-5-15-12(13)14/h7-9H,3-6H2,1-2H3,(H,16,19)(H,17,18)(H4,13,14,15)/p+1/t8-,9-/m0/s1. The van der Waals surface area contributed by atoms with Gasteiger partial charge in [-0.2, -0.15) is 0 Å². The molecule has 7 heteroatoms. The lowest BCUT2D eigenvalue weighted by atomic mass is 9.99. The summed E-state index contributed by atoms with van der Waals surface area (Å²) in [7, 11) is 0. The highest BCUT2D eigenvalue weighted by Crippen LogP contribution is 2.10. The SMILES string of the molecule is CC(C)C[C@@H]1NC(=O)[C@H](CCC[NH+]=C(N)N)NC1=O. The molecule has 0 radical (unpaired) electrons. The van der Waals surface area contributed by atoms with E-state index in [-0.39, 0.29) is 17.8 Å². The number of guanidine groups is 1. The predicted molar refractivity (Wildman–Crippen MR) is 71.8 cm³/mol. The zero-order valence-electron chi connectivity index (χ0n) is 11.5. The highest BCUT2D eigenvalue weighted by molar-refractivity contribution is 5.96. The van der Waals surface area contributed by atoms with Crippen LogP contribution in [-0.2, 0) is 9.59 Å². The van der Waals surface area contributed by atoms with E-state index >= 15 is 0 Å². The van der Waals surface area contributed by atoms with Gasteiger partial charge >= 0.3 is 5.96 Å². The molecule has 0 unspecified atom stereocenters. The quantitative estimate of drug-likeness (QED) is 0.202. The third-order valence-corrected chi connectivity index (χ3v) is 2.97. The molecule has 7 nitrogen and oxygen atoms in total. The van der Waals surface area contributed by atoms with E-state index in [9.17, 15) is 9.59 Å². The monoisotopic (exact) mass is 270 g/mol. The first-order chi connectivity index (χ1) is 8.90. The maximum absolute atomic E-state index is 11.9. The van der Waals surface area contributed by atoms with Crippen molar-refractivity contribution in [2.24, 2.45) is 17.4 Å². The number of hydrogen-bond acceptors (Lipinski definition) is 2. The van der Waals surface area contributed by atoms with E-state index in [4.69, 9.17) is 11.5 Å². The van der Waals surface area contributed by atoms with Crippen LogP contribution >= 0.6 is 0 Å². The van der Waals surface area contributed by atoms with Crippen LogP contribution in [0, 0.1) is 5.92 Å². The maximum atomic E-state index is 11.9. The van der Waals surface area contributed by atoms with E-state index in [1.807, 2.05) is 13.8 Å². The van der Waals surface area contributed by atoms with Crippen molar-refractivity contribution in [3.63, 3.8) is 0 Å². The fourth-order valence-electron chi connectivity index (χ4n) is 2.06. The number of amides is 2. The first-order valence-corrected chi connectivity index (χ1v) is 6.62. The molecule has 1 fully saturated rings. The van der Waals surface area contributed by atoms with Crippen LogP contribution in [-0.4, -0.2) is 36.4 Å². The first kappa shape index (κ1) is 15.3. The Kier molecular flexibility index (Phi) is 5.59. The summed E-state index contributed by atoms with van der Waals surface area (Å²) in [5.41, 5.74) is 10.5. The summed E-state index contributed by atoms with van der Waals surface area (Å²) >= 11 is 0. The van der Waals surface area contributed by atoms with Gasteiger partial charge in [0.1, 0.15) is 12.1 Å². The Morgan fingerprint density at radius 3 is 2.37 bits per heavy atom. The minimum absolute atomic E-state index is 0.101. The largest absolute Gasteiger partial charge is 0.343 e. The van der Waals surface area contributed by atoms with Gasteiger partial charge in [-0.15, -0.1) is 0 Å². The lowest BCUT2D eigenvalue weighted by Gasteiger charge is -2.30. The normalized spacial score (nSPS) is 22.9. The number of hydrogen-bond donors (Lipinski definition) is 5. The molecule has 1 saturated heterocycles. The summed E-state index contributed by atoms with van der Waals surface area (Å²) in [5.74, 6) is 0.306. The van der Waals surface area contributed by atoms with Crippen molar-refractivity contribution in [2.45, 2.75) is 45.2 Å². The lowest BCUT2D eigenvalue weighted by molar-refractivity contribution is -0.459. The topological polar surface area (TPSA) is 124 Å². The summed E-state index contributed by atoms with van der Waals surface area (Å²) < 4.78 is 0. The van der Waals surface area contributed by atoms with Crippen LogP contribution in [0.25, 0.3) is 0 Å². The van der Waals surface area contributed by atoms with Crippen molar-refractivity contribution in [2.75, 3.05) is 6.54 Å². The predicted octanol–water partition coefficient (Wildman–Crippen LogP) is -2.85. The van der Waals surface area contributed by atoms with E-state index in [2.05, 4.69) is 15.6 Å². The van der Waals surface area contributed by atoms with Crippen molar-refractivity contribution < 1.29 is 14.6 Å². The molecular formula is C12H24N5O2+. The second kappa shape index (κ2) is 6.96. The van der Waals surface area contributed by atoms with E-state index in [0.717, 1.165) is 0 Å². The van der Waals surface area contributed by atoms with Crippen molar-refractivity contribution in [1.29, 1.82) is 0 Å². The van der Waals surface area contributed by atoms with E-state index < -0.39 is 12.1 Å². The first-order valence-electron chi connectivity index (χ1n) is 6.62. The average Bonchev–Trinajstić information content (AvgIpc) is 2.29. The fourth-order valence-corrected chi connectivity index (χ4v) is 2.06. The van der Waals surface area contributed by atoms with Crippen molar-refractivity contribution in [3.8, 4) is 0 Å².